The Bertz CT molecular complexity index is 678. The van der Waals surface area contributed by atoms with E-state index in [0.717, 1.165) is 29.3 Å². The van der Waals surface area contributed by atoms with Gasteiger partial charge in [0.15, 0.2) is 0 Å². The molecule has 1 atom stereocenters. The Morgan fingerprint density at radius 2 is 1.95 bits per heavy atom. The fourth-order valence-corrected chi connectivity index (χ4v) is 4.16. The second kappa shape index (κ2) is 5.54. The van der Waals surface area contributed by atoms with Gasteiger partial charge >= 0.3 is 0 Å². The van der Waals surface area contributed by atoms with Crippen LogP contribution in [-0.2, 0) is 4.79 Å². The SMILES string of the molecule is CCCC1SC(=S)N(c2cccc3ccccc23)C1=O. The Balaban J connectivity index is 2.07. The Hall–Kier alpha value is -1.39. The van der Waals surface area contributed by atoms with E-state index in [9.17, 15) is 4.79 Å². The molecule has 2 nitrogen and oxygen atoms in total. The highest BCUT2D eigenvalue weighted by atomic mass is 32.2. The first-order valence-corrected chi connectivity index (χ1v) is 8.03. The molecule has 1 unspecified atom stereocenters. The summed E-state index contributed by atoms with van der Waals surface area (Å²) in [6.07, 6.45) is 1.88. The normalized spacial score (nSPS) is 19.1. The van der Waals surface area contributed by atoms with Crippen molar-refractivity contribution < 1.29 is 4.79 Å². The van der Waals surface area contributed by atoms with Crippen LogP contribution >= 0.6 is 24.0 Å². The second-order valence-corrected chi connectivity index (χ2v) is 6.67. The number of nitrogens with zero attached hydrogens (tertiary/aromatic N) is 1. The van der Waals surface area contributed by atoms with Crippen molar-refractivity contribution in [1.82, 2.24) is 0 Å². The molecule has 1 aliphatic rings. The number of thioether (sulfide) groups is 1. The molecule has 0 radical (unpaired) electrons. The summed E-state index contributed by atoms with van der Waals surface area (Å²) in [7, 11) is 0. The maximum Gasteiger partial charge on any atom is 0.246 e. The summed E-state index contributed by atoms with van der Waals surface area (Å²) in [6, 6.07) is 14.1. The molecule has 1 amide bonds. The molecular weight excluding hydrogens is 286 g/mol. The van der Waals surface area contributed by atoms with Crippen molar-refractivity contribution >= 4 is 50.7 Å². The predicted molar refractivity (Wildman–Crippen MR) is 90.3 cm³/mol. The Morgan fingerprint density at radius 3 is 2.75 bits per heavy atom. The van der Waals surface area contributed by atoms with E-state index in [0.29, 0.717) is 4.32 Å². The van der Waals surface area contributed by atoms with E-state index in [1.54, 1.807) is 4.90 Å². The summed E-state index contributed by atoms with van der Waals surface area (Å²) in [4.78, 5) is 14.3. The second-order valence-electron chi connectivity index (χ2n) is 4.83. The fraction of sp³-hybridized carbons (Fsp3) is 0.250. The Kier molecular flexibility index (Phi) is 3.76. The summed E-state index contributed by atoms with van der Waals surface area (Å²) in [6.45, 7) is 2.09. The van der Waals surface area contributed by atoms with E-state index in [1.807, 2.05) is 30.3 Å². The zero-order valence-corrected chi connectivity index (χ0v) is 12.8. The molecule has 1 saturated heterocycles. The lowest BCUT2D eigenvalue weighted by atomic mass is 10.1. The molecular formula is C16H15NOS2. The lowest BCUT2D eigenvalue weighted by Gasteiger charge is -2.18. The monoisotopic (exact) mass is 301 g/mol. The molecule has 0 saturated carbocycles. The molecule has 20 heavy (non-hydrogen) atoms. The molecule has 2 aromatic carbocycles. The Labute approximate surface area is 128 Å². The van der Waals surface area contributed by atoms with Gasteiger partial charge in [-0.15, -0.1) is 0 Å². The van der Waals surface area contributed by atoms with Gasteiger partial charge in [-0.05, 0) is 17.9 Å². The summed E-state index contributed by atoms with van der Waals surface area (Å²) in [5.41, 5.74) is 0.907. The summed E-state index contributed by atoms with van der Waals surface area (Å²) in [5.74, 6) is 0.123. The average Bonchev–Trinajstić information content (AvgIpc) is 2.74. The highest BCUT2D eigenvalue weighted by Crippen LogP contribution is 2.37. The molecule has 2 aromatic rings. The van der Waals surface area contributed by atoms with Crippen LogP contribution in [0, 0.1) is 0 Å². The Morgan fingerprint density at radius 1 is 1.20 bits per heavy atom. The molecule has 4 heteroatoms. The number of fused-ring (bicyclic) bond motifs is 1. The topological polar surface area (TPSA) is 20.3 Å². The third-order valence-electron chi connectivity index (χ3n) is 3.48. The number of thiocarbonyl (C=S) groups is 1. The molecule has 0 spiro atoms. The van der Waals surface area contributed by atoms with Gasteiger partial charge in [-0.1, -0.05) is 73.7 Å². The van der Waals surface area contributed by atoms with Crippen molar-refractivity contribution in [3.05, 3.63) is 42.5 Å². The number of hydrogen-bond acceptors (Lipinski definition) is 3. The van der Waals surface area contributed by atoms with E-state index in [2.05, 4.69) is 19.1 Å². The van der Waals surface area contributed by atoms with Crippen LogP contribution < -0.4 is 4.90 Å². The maximum absolute atomic E-state index is 12.6. The summed E-state index contributed by atoms with van der Waals surface area (Å²) < 4.78 is 0.671. The van der Waals surface area contributed by atoms with Crippen molar-refractivity contribution in [1.29, 1.82) is 0 Å². The first kappa shape index (κ1) is 13.6. The first-order chi connectivity index (χ1) is 9.72. The molecule has 0 aromatic heterocycles. The van der Waals surface area contributed by atoms with E-state index >= 15 is 0 Å². The number of carbonyl (C=O) groups excluding carboxylic acids is 1. The van der Waals surface area contributed by atoms with Gasteiger partial charge in [0.05, 0.1) is 10.9 Å². The van der Waals surface area contributed by atoms with Crippen LogP contribution in [0.2, 0.25) is 0 Å². The van der Waals surface area contributed by atoms with Gasteiger partial charge in [-0.2, -0.15) is 0 Å². The molecule has 0 bridgehead atoms. The van der Waals surface area contributed by atoms with Crippen molar-refractivity contribution in [2.24, 2.45) is 0 Å². The number of carbonyl (C=O) groups is 1. The zero-order chi connectivity index (χ0) is 14.1. The number of benzene rings is 2. The average molecular weight is 301 g/mol. The highest BCUT2D eigenvalue weighted by Gasteiger charge is 2.37. The van der Waals surface area contributed by atoms with Crippen LogP contribution in [0.5, 0.6) is 0 Å². The van der Waals surface area contributed by atoms with E-state index in [1.165, 1.54) is 11.8 Å². The lowest BCUT2D eigenvalue weighted by Crippen LogP contribution is -2.31. The first-order valence-electron chi connectivity index (χ1n) is 6.74. The van der Waals surface area contributed by atoms with Gasteiger partial charge in [-0.25, -0.2) is 0 Å². The maximum atomic E-state index is 12.6. The van der Waals surface area contributed by atoms with Crippen LogP contribution in [0.1, 0.15) is 19.8 Å². The third-order valence-corrected chi connectivity index (χ3v) is 5.06. The van der Waals surface area contributed by atoms with Crippen molar-refractivity contribution in [2.45, 2.75) is 25.0 Å². The molecule has 3 rings (SSSR count). The van der Waals surface area contributed by atoms with Gasteiger partial charge in [0.25, 0.3) is 0 Å². The number of hydrogen-bond donors (Lipinski definition) is 0. The minimum absolute atomic E-state index is 0.0218. The summed E-state index contributed by atoms with van der Waals surface area (Å²) in [5, 5.41) is 2.18. The minimum Gasteiger partial charge on any atom is -0.273 e. The van der Waals surface area contributed by atoms with Gasteiger partial charge in [0.2, 0.25) is 5.91 Å². The number of amides is 1. The summed E-state index contributed by atoms with van der Waals surface area (Å²) >= 11 is 6.94. The van der Waals surface area contributed by atoms with Crippen LogP contribution in [0.3, 0.4) is 0 Å². The van der Waals surface area contributed by atoms with Gasteiger partial charge < -0.3 is 0 Å². The lowest BCUT2D eigenvalue weighted by molar-refractivity contribution is -0.117. The number of anilines is 1. The molecule has 1 fully saturated rings. The van der Waals surface area contributed by atoms with Crippen molar-refractivity contribution in [3.63, 3.8) is 0 Å². The fourth-order valence-electron chi connectivity index (χ4n) is 2.52. The van der Waals surface area contributed by atoms with Crippen LogP contribution in [0.25, 0.3) is 10.8 Å². The molecule has 102 valence electrons. The predicted octanol–water partition coefficient (Wildman–Crippen LogP) is 4.37. The van der Waals surface area contributed by atoms with Gasteiger partial charge in [0.1, 0.15) is 4.32 Å². The highest BCUT2D eigenvalue weighted by molar-refractivity contribution is 8.25. The van der Waals surface area contributed by atoms with E-state index in [-0.39, 0.29) is 11.2 Å². The van der Waals surface area contributed by atoms with Crippen LogP contribution in [0.15, 0.2) is 42.5 Å². The number of rotatable bonds is 3. The smallest absolute Gasteiger partial charge is 0.246 e. The molecule has 0 N–H and O–H groups in total. The van der Waals surface area contributed by atoms with Gasteiger partial charge in [-0.3, -0.25) is 9.69 Å². The van der Waals surface area contributed by atoms with Crippen molar-refractivity contribution in [2.75, 3.05) is 4.90 Å². The van der Waals surface area contributed by atoms with E-state index < -0.39 is 0 Å². The van der Waals surface area contributed by atoms with Crippen LogP contribution in [0.4, 0.5) is 5.69 Å². The third kappa shape index (κ3) is 2.23. The zero-order valence-electron chi connectivity index (χ0n) is 11.2. The quantitative estimate of drug-likeness (QED) is 0.785. The standard InChI is InChI=1S/C16H15NOS2/c1-2-6-14-15(18)17(16(19)20-14)13-10-5-8-11-7-3-4-9-12(11)13/h3-5,7-10,14H,2,6H2,1H3. The molecule has 1 aliphatic heterocycles. The largest absolute Gasteiger partial charge is 0.273 e. The van der Waals surface area contributed by atoms with Gasteiger partial charge in [0, 0.05) is 5.39 Å². The van der Waals surface area contributed by atoms with Crippen LogP contribution in [-0.4, -0.2) is 15.5 Å². The molecule has 1 heterocycles. The minimum atomic E-state index is -0.0218. The molecule has 0 aliphatic carbocycles. The van der Waals surface area contributed by atoms with E-state index in [4.69, 9.17) is 12.2 Å². The van der Waals surface area contributed by atoms with Crippen molar-refractivity contribution in [3.8, 4) is 0 Å².